The van der Waals surface area contributed by atoms with Crippen LogP contribution >= 0.6 is 0 Å². The lowest BCUT2D eigenvalue weighted by molar-refractivity contribution is 0.471. The Kier molecular flexibility index (Phi) is 5.37. The molecule has 0 bridgehead atoms. The quantitative estimate of drug-likeness (QED) is 0.612. The average Bonchev–Trinajstić information content (AvgIpc) is 2.52. The summed E-state index contributed by atoms with van der Waals surface area (Å²) in [6, 6.07) is 24.5. The first kappa shape index (κ1) is 15.8. The molecule has 0 spiro atoms. The molecule has 0 amide bonds. The van der Waals surface area contributed by atoms with Crippen LogP contribution in [0.15, 0.2) is 72.8 Å². The van der Waals surface area contributed by atoms with Gasteiger partial charge >= 0.3 is 0 Å². The van der Waals surface area contributed by atoms with Crippen molar-refractivity contribution in [2.45, 2.75) is 20.8 Å². The number of phenols is 1. The monoisotopic (exact) mass is 290 g/mol. The molecular weight excluding hydrogens is 268 g/mol. The average molecular weight is 290 g/mol. The molecule has 3 aromatic rings. The third-order valence-electron chi connectivity index (χ3n) is 3.52. The number of aromatic hydroxyl groups is 1. The van der Waals surface area contributed by atoms with Crippen LogP contribution in [0.3, 0.4) is 0 Å². The van der Waals surface area contributed by atoms with E-state index in [0.29, 0.717) is 5.75 Å². The fourth-order valence-electron chi connectivity index (χ4n) is 2.13. The van der Waals surface area contributed by atoms with E-state index in [1.807, 2.05) is 25.1 Å². The van der Waals surface area contributed by atoms with E-state index in [9.17, 15) is 0 Å². The zero-order valence-corrected chi connectivity index (χ0v) is 13.4. The lowest BCUT2D eigenvalue weighted by Crippen LogP contribution is -1.79. The van der Waals surface area contributed by atoms with Gasteiger partial charge in [-0.25, -0.2) is 0 Å². The third-order valence-corrected chi connectivity index (χ3v) is 3.52. The van der Waals surface area contributed by atoms with E-state index < -0.39 is 0 Å². The summed E-state index contributed by atoms with van der Waals surface area (Å²) >= 11 is 0. The number of aryl methyl sites for hydroxylation is 3. The molecule has 0 heterocycles. The van der Waals surface area contributed by atoms with Gasteiger partial charge in [0.05, 0.1) is 0 Å². The highest BCUT2D eigenvalue weighted by Gasteiger charge is 1.96. The Bertz CT molecular complexity index is 706. The van der Waals surface area contributed by atoms with Crippen molar-refractivity contribution in [2.24, 2.45) is 0 Å². The maximum atomic E-state index is 8.92. The predicted octanol–water partition coefficient (Wildman–Crippen LogP) is 5.67. The SMILES string of the molecule is Cc1ccc(-c2cccc(C)c2)cc1.Cc1ccccc1O. The highest BCUT2D eigenvalue weighted by atomic mass is 16.3. The lowest BCUT2D eigenvalue weighted by atomic mass is 10.0. The van der Waals surface area contributed by atoms with Gasteiger partial charge in [-0.15, -0.1) is 0 Å². The summed E-state index contributed by atoms with van der Waals surface area (Å²) in [5, 5.41) is 8.92. The largest absolute Gasteiger partial charge is 0.508 e. The van der Waals surface area contributed by atoms with E-state index in [2.05, 4.69) is 62.4 Å². The Morgan fingerprint density at radius 3 is 1.82 bits per heavy atom. The molecule has 0 saturated heterocycles. The Labute approximate surface area is 132 Å². The van der Waals surface area contributed by atoms with Crippen molar-refractivity contribution in [2.75, 3.05) is 0 Å². The minimum atomic E-state index is 0.368. The van der Waals surface area contributed by atoms with Crippen molar-refractivity contribution in [1.82, 2.24) is 0 Å². The summed E-state index contributed by atoms with van der Waals surface area (Å²) in [6.45, 7) is 6.10. The van der Waals surface area contributed by atoms with E-state index in [4.69, 9.17) is 5.11 Å². The van der Waals surface area contributed by atoms with E-state index in [0.717, 1.165) is 5.56 Å². The molecule has 0 unspecified atom stereocenters. The fourth-order valence-corrected chi connectivity index (χ4v) is 2.13. The minimum absolute atomic E-state index is 0.368. The number of para-hydroxylation sites is 1. The van der Waals surface area contributed by atoms with Gasteiger partial charge in [0.15, 0.2) is 0 Å². The van der Waals surface area contributed by atoms with Crippen molar-refractivity contribution in [3.63, 3.8) is 0 Å². The van der Waals surface area contributed by atoms with Gasteiger partial charge in [-0.1, -0.05) is 77.9 Å². The van der Waals surface area contributed by atoms with E-state index >= 15 is 0 Å². The molecule has 0 aliphatic carbocycles. The normalized spacial score (nSPS) is 9.77. The Balaban J connectivity index is 0.000000188. The molecular formula is C21H22O. The van der Waals surface area contributed by atoms with Gasteiger partial charge in [-0.05, 0) is 43.5 Å². The summed E-state index contributed by atoms with van der Waals surface area (Å²) in [4.78, 5) is 0. The molecule has 0 aliphatic heterocycles. The van der Waals surface area contributed by atoms with Crippen molar-refractivity contribution < 1.29 is 5.11 Å². The molecule has 112 valence electrons. The molecule has 22 heavy (non-hydrogen) atoms. The molecule has 0 fully saturated rings. The van der Waals surface area contributed by atoms with Gasteiger partial charge < -0.3 is 5.11 Å². The first-order valence-corrected chi connectivity index (χ1v) is 7.44. The molecule has 0 atom stereocenters. The second-order valence-corrected chi connectivity index (χ2v) is 5.52. The first-order chi connectivity index (χ1) is 10.6. The zero-order valence-electron chi connectivity index (χ0n) is 13.4. The molecule has 1 N–H and O–H groups in total. The van der Waals surface area contributed by atoms with Crippen LogP contribution in [0.25, 0.3) is 11.1 Å². The number of rotatable bonds is 1. The van der Waals surface area contributed by atoms with Crippen molar-refractivity contribution in [3.8, 4) is 16.9 Å². The van der Waals surface area contributed by atoms with Crippen LogP contribution in [0, 0.1) is 20.8 Å². The summed E-state index contributed by atoms with van der Waals surface area (Å²) in [5.41, 5.74) is 6.13. The van der Waals surface area contributed by atoms with Crippen LogP contribution in [-0.2, 0) is 0 Å². The second-order valence-electron chi connectivity index (χ2n) is 5.52. The maximum Gasteiger partial charge on any atom is 0.118 e. The third kappa shape index (κ3) is 4.49. The molecule has 1 heteroatoms. The first-order valence-electron chi connectivity index (χ1n) is 7.44. The van der Waals surface area contributed by atoms with Crippen LogP contribution in [0.4, 0.5) is 0 Å². The van der Waals surface area contributed by atoms with Gasteiger partial charge in [0.1, 0.15) is 5.75 Å². The van der Waals surface area contributed by atoms with Gasteiger partial charge in [-0.2, -0.15) is 0 Å². The predicted molar refractivity (Wildman–Crippen MR) is 94.2 cm³/mol. The summed E-state index contributed by atoms with van der Waals surface area (Å²) in [7, 11) is 0. The number of benzene rings is 3. The summed E-state index contributed by atoms with van der Waals surface area (Å²) in [5.74, 6) is 0.368. The standard InChI is InChI=1S/C14H14.C7H8O/c1-11-6-8-13(9-7-11)14-5-3-4-12(2)10-14;1-6-4-2-3-5-7(6)8/h3-10H,1-2H3;2-5,8H,1H3. The Morgan fingerprint density at radius 2 is 1.27 bits per heavy atom. The molecule has 0 saturated carbocycles. The van der Waals surface area contributed by atoms with Crippen LogP contribution in [-0.4, -0.2) is 5.11 Å². The Hall–Kier alpha value is -2.54. The highest BCUT2D eigenvalue weighted by Crippen LogP contribution is 2.20. The van der Waals surface area contributed by atoms with Crippen LogP contribution < -0.4 is 0 Å². The maximum absolute atomic E-state index is 8.92. The topological polar surface area (TPSA) is 20.2 Å². The summed E-state index contributed by atoms with van der Waals surface area (Å²) < 4.78 is 0. The van der Waals surface area contributed by atoms with E-state index in [1.54, 1.807) is 6.07 Å². The van der Waals surface area contributed by atoms with E-state index in [1.165, 1.54) is 22.3 Å². The summed E-state index contributed by atoms with van der Waals surface area (Å²) in [6.07, 6.45) is 0. The molecule has 3 aromatic carbocycles. The molecule has 0 aliphatic rings. The number of hydrogen-bond acceptors (Lipinski definition) is 1. The molecule has 3 rings (SSSR count). The van der Waals surface area contributed by atoms with Crippen LogP contribution in [0.2, 0.25) is 0 Å². The number of hydrogen-bond donors (Lipinski definition) is 1. The van der Waals surface area contributed by atoms with Crippen LogP contribution in [0.5, 0.6) is 5.75 Å². The fraction of sp³-hybridized carbons (Fsp3) is 0.143. The van der Waals surface area contributed by atoms with Crippen molar-refractivity contribution in [3.05, 3.63) is 89.5 Å². The minimum Gasteiger partial charge on any atom is -0.508 e. The second kappa shape index (κ2) is 7.46. The van der Waals surface area contributed by atoms with Gasteiger partial charge in [-0.3, -0.25) is 0 Å². The van der Waals surface area contributed by atoms with Crippen molar-refractivity contribution >= 4 is 0 Å². The van der Waals surface area contributed by atoms with Gasteiger partial charge in [0.25, 0.3) is 0 Å². The van der Waals surface area contributed by atoms with Crippen molar-refractivity contribution in [1.29, 1.82) is 0 Å². The number of phenolic OH excluding ortho intramolecular Hbond substituents is 1. The van der Waals surface area contributed by atoms with Gasteiger partial charge in [0.2, 0.25) is 0 Å². The smallest absolute Gasteiger partial charge is 0.118 e. The molecule has 0 aromatic heterocycles. The Morgan fingerprint density at radius 1 is 0.591 bits per heavy atom. The molecule has 0 radical (unpaired) electrons. The lowest BCUT2D eigenvalue weighted by Gasteiger charge is -2.02. The zero-order chi connectivity index (χ0) is 15.9. The van der Waals surface area contributed by atoms with Gasteiger partial charge in [0, 0.05) is 0 Å². The molecule has 1 nitrogen and oxygen atoms in total. The highest BCUT2D eigenvalue weighted by molar-refractivity contribution is 5.64. The van der Waals surface area contributed by atoms with E-state index in [-0.39, 0.29) is 0 Å². The van der Waals surface area contributed by atoms with Crippen LogP contribution in [0.1, 0.15) is 16.7 Å².